The standard InChI is InChI=1S/C31H23Cl2N3O6/c1-19-4-2-3-5-26(19)29(38)34-18-28(37)36-35-17-22-10-15-25(41-30(39)20-6-11-23(32)12-7-20)16-27(22)42-31(40)21-8-13-24(33)14-9-21/h2-17H,18H2,1H3,(H,34,38)(H,36,37)/b35-17-. The molecule has 212 valence electrons. The molecule has 0 aliphatic heterocycles. The van der Waals surface area contributed by atoms with E-state index >= 15 is 0 Å². The highest BCUT2D eigenvalue weighted by molar-refractivity contribution is 6.31. The summed E-state index contributed by atoms with van der Waals surface area (Å²) in [4.78, 5) is 50.0. The molecule has 11 heteroatoms. The molecule has 4 rings (SSSR count). The number of amides is 2. The molecule has 2 N–H and O–H groups in total. The predicted octanol–water partition coefficient (Wildman–Crippen LogP) is 5.62. The number of hydrogen-bond acceptors (Lipinski definition) is 7. The maximum absolute atomic E-state index is 12.8. The van der Waals surface area contributed by atoms with Gasteiger partial charge in [0.25, 0.3) is 11.8 Å². The van der Waals surface area contributed by atoms with Gasteiger partial charge in [0, 0.05) is 27.2 Å². The van der Waals surface area contributed by atoms with Crippen LogP contribution < -0.4 is 20.2 Å². The van der Waals surface area contributed by atoms with Crippen molar-refractivity contribution in [2.24, 2.45) is 5.10 Å². The van der Waals surface area contributed by atoms with Crippen molar-refractivity contribution in [1.82, 2.24) is 10.7 Å². The molecule has 4 aromatic rings. The Hall–Kier alpha value is -4.99. The first-order valence-corrected chi connectivity index (χ1v) is 13.2. The Morgan fingerprint density at radius 2 is 1.38 bits per heavy atom. The number of nitrogens with one attached hydrogen (secondary N) is 2. The number of rotatable bonds is 9. The number of benzene rings is 4. The summed E-state index contributed by atoms with van der Waals surface area (Å²) in [6.45, 7) is 1.48. The van der Waals surface area contributed by atoms with Crippen LogP contribution in [0, 0.1) is 6.92 Å². The molecule has 0 aliphatic carbocycles. The third kappa shape index (κ3) is 8.26. The van der Waals surface area contributed by atoms with Gasteiger partial charge in [-0.2, -0.15) is 5.10 Å². The molecule has 4 aromatic carbocycles. The highest BCUT2D eigenvalue weighted by atomic mass is 35.5. The number of hydrazone groups is 1. The summed E-state index contributed by atoms with van der Waals surface area (Å²) in [7, 11) is 0. The van der Waals surface area contributed by atoms with E-state index in [9.17, 15) is 19.2 Å². The number of hydrogen-bond donors (Lipinski definition) is 2. The first-order chi connectivity index (χ1) is 20.2. The molecule has 0 heterocycles. The van der Waals surface area contributed by atoms with Crippen molar-refractivity contribution in [3.63, 3.8) is 0 Å². The fourth-order valence-corrected chi connectivity index (χ4v) is 3.82. The van der Waals surface area contributed by atoms with Crippen molar-refractivity contribution in [3.05, 3.63) is 129 Å². The van der Waals surface area contributed by atoms with Crippen LogP contribution in [0.25, 0.3) is 0 Å². The zero-order chi connectivity index (χ0) is 30.1. The van der Waals surface area contributed by atoms with Gasteiger partial charge in [0.2, 0.25) is 0 Å². The van der Waals surface area contributed by atoms with Crippen LogP contribution in [0.1, 0.15) is 42.2 Å². The predicted molar refractivity (Wildman–Crippen MR) is 159 cm³/mol. The number of nitrogens with zero attached hydrogens (tertiary/aromatic N) is 1. The van der Waals surface area contributed by atoms with Crippen molar-refractivity contribution in [3.8, 4) is 11.5 Å². The van der Waals surface area contributed by atoms with Crippen molar-refractivity contribution in [2.75, 3.05) is 6.54 Å². The number of carbonyl (C=O) groups excluding carboxylic acids is 4. The number of halogens is 2. The summed E-state index contributed by atoms with van der Waals surface area (Å²) in [5.74, 6) is -2.24. The first kappa shape index (κ1) is 30.0. The molecule has 2 amide bonds. The minimum Gasteiger partial charge on any atom is -0.423 e. The third-order valence-corrected chi connectivity index (χ3v) is 6.25. The largest absolute Gasteiger partial charge is 0.423 e. The first-order valence-electron chi connectivity index (χ1n) is 12.4. The lowest BCUT2D eigenvalue weighted by atomic mass is 10.1. The Balaban J connectivity index is 1.47. The van der Waals surface area contributed by atoms with Gasteiger partial charge >= 0.3 is 11.9 Å². The smallest absolute Gasteiger partial charge is 0.343 e. The molecule has 0 unspecified atom stereocenters. The summed E-state index contributed by atoms with van der Waals surface area (Å²) >= 11 is 11.8. The zero-order valence-corrected chi connectivity index (χ0v) is 23.6. The van der Waals surface area contributed by atoms with Gasteiger partial charge in [-0.3, -0.25) is 9.59 Å². The maximum atomic E-state index is 12.8. The summed E-state index contributed by atoms with van der Waals surface area (Å²) in [6.07, 6.45) is 1.25. The van der Waals surface area contributed by atoms with Gasteiger partial charge < -0.3 is 14.8 Å². The Morgan fingerprint density at radius 1 is 0.786 bits per heavy atom. The average Bonchev–Trinajstić information content (AvgIpc) is 2.98. The van der Waals surface area contributed by atoms with Crippen LogP contribution in [-0.4, -0.2) is 36.5 Å². The summed E-state index contributed by atoms with van der Waals surface area (Å²) < 4.78 is 11.0. The molecule has 0 aromatic heterocycles. The van der Waals surface area contributed by atoms with E-state index < -0.39 is 23.8 Å². The summed E-state index contributed by atoms with van der Waals surface area (Å²) in [5, 5.41) is 7.35. The van der Waals surface area contributed by atoms with Crippen molar-refractivity contribution < 1.29 is 28.7 Å². The van der Waals surface area contributed by atoms with Gasteiger partial charge in [-0.15, -0.1) is 0 Å². The van der Waals surface area contributed by atoms with Crippen LogP contribution in [0.3, 0.4) is 0 Å². The average molecular weight is 604 g/mol. The molecule has 0 aliphatic rings. The van der Waals surface area contributed by atoms with E-state index in [1.54, 1.807) is 37.3 Å². The van der Waals surface area contributed by atoms with E-state index in [-0.39, 0.29) is 34.7 Å². The SMILES string of the molecule is Cc1ccccc1C(=O)NCC(=O)N/N=C\c1ccc(OC(=O)c2ccc(Cl)cc2)cc1OC(=O)c1ccc(Cl)cc1. The van der Waals surface area contributed by atoms with Crippen LogP contribution in [0.5, 0.6) is 11.5 Å². The molecular formula is C31H23Cl2N3O6. The van der Waals surface area contributed by atoms with Crippen molar-refractivity contribution >= 4 is 53.2 Å². The molecule has 0 radical (unpaired) electrons. The minimum absolute atomic E-state index is 0.00205. The zero-order valence-electron chi connectivity index (χ0n) is 22.1. The van der Waals surface area contributed by atoms with Gasteiger partial charge in [0.1, 0.15) is 11.5 Å². The third-order valence-electron chi connectivity index (χ3n) is 5.75. The topological polar surface area (TPSA) is 123 Å². The van der Waals surface area contributed by atoms with E-state index in [0.717, 1.165) is 5.56 Å². The number of carbonyl (C=O) groups is 4. The molecule has 0 saturated heterocycles. The van der Waals surface area contributed by atoms with Crippen LogP contribution in [-0.2, 0) is 4.79 Å². The Bertz CT molecular complexity index is 1650. The number of ether oxygens (including phenoxy) is 2. The lowest BCUT2D eigenvalue weighted by Crippen LogP contribution is -2.35. The second kappa shape index (κ2) is 14.1. The van der Waals surface area contributed by atoms with E-state index in [1.807, 2.05) is 6.07 Å². The highest BCUT2D eigenvalue weighted by Crippen LogP contribution is 2.26. The van der Waals surface area contributed by atoms with Crippen LogP contribution in [0.2, 0.25) is 10.0 Å². The normalized spacial score (nSPS) is 10.6. The van der Waals surface area contributed by atoms with Crippen LogP contribution in [0.4, 0.5) is 0 Å². The second-order valence-electron chi connectivity index (χ2n) is 8.78. The van der Waals surface area contributed by atoms with E-state index in [4.69, 9.17) is 32.7 Å². The monoisotopic (exact) mass is 603 g/mol. The Labute approximate surface area is 251 Å². The van der Waals surface area contributed by atoms with Crippen molar-refractivity contribution in [2.45, 2.75) is 6.92 Å². The van der Waals surface area contributed by atoms with Gasteiger partial charge in [-0.1, -0.05) is 41.4 Å². The second-order valence-corrected chi connectivity index (χ2v) is 9.66. The molecule has 0 fully saturated rings. The highest BCUT2D eigenvalue weighted by Gasteiger charge is 2.15. The van der Waals surface area contributed by atoms with Gasteiger partial charge in [0.15, 0.2) is 0 Å². The summed E-state index contributed by atoms with van der Waals surface area (Å²) in [6, 6.07) is 23.5. The fourth-order valence-electron chi connectivity index (χ4n) is 3.57. The Kier molecular flexibility index (Phi) is 10.0. The van der Waals surface area contributed by atoms with Crippen LogP contribution >= 0.6 is 23.2 Å². The van der Waals surface area contributed by atoms with Crippen molar-refractivity contribution in [1.29, 1.82) is 0 Å². The minimum atomic E-state index is -0.703. The molecule has 0 atom stereocenters. The van der Waals surface area contributed by atoms with Crippen LogP contribution in [0.15, 0.2) is 96.1 Å². The fraction of sp³-hybridized carbons (Fsp3) is 0.0645. The van der Waals surface area contributed by atoms with Gasteiger partial charge in [0.05, 0.1) is 23.9 Å². The lowest BCUT2D eigenvalue weighted by Gasteiger charge is -2.11. The molecule has 42 heavy (non-hydrogen) atoms. The quantitative estimate of drug-likeness (QED) is 0.111. The Morgan fingerprint density at radius 3 is 2.00 bits per heavy atom. The molecule has 9 nitrogen and oxygen atoms in total. The molecule has 0 spiro atoms. The van der Waals surface area contributed by atoms with E-state index in [1.165, 1.54) is 60.8 Å². The lowest BCUT2D eigenvalue weighted by molar-refractivity contribution is -0.120. The maximum Gasteiger partial charge on any atom is 0.343 e. The molecular weight excluding hydrogens is 581 g/mol. The number of aryl methyl sites for hydroxylation is 1. The van der Waals surface area contributed by atoms with Gasteiger partial charge in [-0.05, 0) is 79.2 Å². The molecule has 0 saturated carbocycles. The van der Waals surface area contributed by atoms with E-state index in [2.05, 4.69) is 15.8 Å². The number of esters is 2. The van der Waals surface area contributed by atoms with E-state index in [0.29, 0.717) is 15.6 Å². The summed E-state index contributed by atoms with van der Waals surface area (Å²) in [5.41, 5.74) is 4.32. The van der Waals surface area contributed by atoms with Gasteiger partial charge in [-0.25, -0.2) is 15.0 Å². The molecule has 0 bridgehead atoms.